The Hall–Kier alpha value is -0.860. The molecule has 0 aliphatic rings. The number of nitrogens with zero attached hydrogens (tertiary/aromatic N) is 3. The van der Waals surface area contributed by atoms with Crippen molar-refractivity contribution < 1.29 is 14.6 Å². The van der Waals surface area contributed by atoms with E-state index in [9.17, 15) is 4.79 Å². The standard InChI is InChI=1S/C10H17N3O3S2/c1-4-16-7(8(14)15)5-6-17-10-12-11-9(18-10)13(2)3/h7H,4-6H2,1-3H3,(H,14,15). The van der Waals surface area contributed by atoms with E-state index < -0.39 is 12.1 Å². The largest absolute Gasteiger partial charge is 0.479 e. The van der Waals surface area contributed by atoms with E-state index in [1.54, 1.807) is 6.92 Å². The summed E-state index contributed by atoms with van der Waals surface area (Å²) in [5.41, 5.74) is 0. The molecule has 1 aromatic heterocycles. The zero-order valence-electron chi connectivity index (χ0n) is 10.6. The van der Waals surface area contributed by atoms with E-state index in [-0.39, 0.29) is 0 Å². The first-order chi connectivity index (χ1) is 8.54. The molecule has 0 amide bonds. The summed E-state index contributed by atoms with van der Waals surface area (Å²) in [6.07, 6.45) is -0.270. The molecule has 1 N–H and O–H groups in total. The number of anilines is 1. The van der Waals surface area contributed by atoms with Crippen LogP contribution in [0.3, 0.4) is 0 Å². The van der Waals surface area contributed by atoms with Gasteiger partial charge >= 0.3 is 5.97 Å². The lowest BCUT2D eigenvalue weighted by molar-refractivity contribution is -0.150. The van der Waals surface area contributed by atoms with Crippen LogP contribution in [0.15, 0.2) is 4.34 Å². The lowest BCUT2D eigenvalue weighted by atomic mass is 10.3. The molecule has 0 saturated carbocycles. The van der Waals surface area contributed by atoms with E-state index in [4.69, 9.17) is 9.84 Å². The quantitative estimate of drug-likeness (QED) is 0.729. The van der Waals surface area contributed by atoms with Gasteiger partial charge in [0, 0.05) is 26.5 Å². The van der Waals surface area contributed by atoms with Crippen molar-refractivity contribution in [3.05, 3.63) is 0 Å². The van der Waals surface area contributed by atoms with E-state index in [1.807, 2.05) is 19.0 Å². The molecule has 102 valence electrons. The van der Waals surface area contributed by atoms with Gasteiger partial charge in [0.25, 0.3) is 0 Å². The van der Waals surface area contributed by atoms with Crippen molar-refractivity contribution >= 4 is 34.2 Å². The maximum atomic E-state index is 10.9. The molecule has 1 atom stereocenters. The second-order valence-corrected chi connectivity index (χ2v) is 5.96. The van der Waals surface area contributed by atoms with Crippen LogP contribution < -0.4 is 4.90 Å². The van der Waals surface area contributed by atoms with Crippen molar-refractivity contribution in [1.82, 2.24) is 10.2 Å². The van der Waals surface area contributed by atoms with Crippen molar-refractivity contribution in [2.75, 3.05) is 31.4 Å². The number of aromatic nitrogens is 2. The van der Waals surface area contributed by atoms with Gasteiger partial charge in [0.15, 0.2) is 10.4 Å². The Balaban J connectivity index is 2.37. The topological polar surface area (TPSA) is 75.6 Å². The predicted molar refractivity (Wildman–Crippen MR) is 72.6 cm³/mol. The number of aliphatic carboxylic acids is 1. The van der Waals surface area contributed by atoms with Gasteiger partial charge < -0.3 is 14.7 Å². The van der Waals surface area contributed by atoms with E-state index in [1.165, 1.54) is 23.1 Å². The minimum atomic E-state index is -0.913. The van der Waals surface area contributed by atoms with Crippen molar-refractivity contribution in [3.8, 4) is 0 Å². The van der Waals surface area contributed by atoms with Crippen LogP contribution in [-0.2, 0) is 9.53 Å². The molecule has 0 spiro atoms. The van der Waals surface area contributed by atoms with Gasteiger partial charge in [0.1, 0.15) is 0 Å². The van der Waals surface area contributed by atoms with Gasteiger partial charge in [0.05, 0.1) is 0 Å². The molecule has 1 unspecified atom stereocenters. The van der Waals surface area contributed by atoms with E-state index >= 15 is 0 Å². The van der Waals surface area contributed by atoms with Crippen LogP contribution in [-0.4, -0.2) is 53.8 Å². The summed E-state index contributed by atoms with van der Waals surface area (Å²) in [5, 5.41) is 17.8. The number of carboxylic acid groups (broad SMARTS) is 1. The van der Waals surface area contributed by atoms with Crippen LogP contribution in [0, 0.1) is 0 Å². The number of carbonyl (C=O) groups is 1. The molecule has 8 heteroatoms. The van der Waals surface area contributed by atoms with Crippen molar-refractivity contribution in [2.24, 2.45) is 0 Å². The molecule has 1 aromatic rings. The third-order valence-electron chi connectivity index (χ3n) is 2.03. The van der Waals surface area contributed by atoms with E-state index in [0.717, 1.165) is 9.47 Å². The third-order valence-corrected chi connectivity index (χ3v) is 4.28. The smallest absolute Gasteiger partial charge is 0.332 e. The molecule has 0 radical (unpaired) electrons. The molecule has 0 saturated heterocycles. The summed E-state index contributed by atoms with van der Waals surface area (Å²) in [5.74, 6) is -0.261. The van der Waals surface area contributed by atoms with Gasteiger partial charge in [0.2, 0.25) is 5.13 Å². The van der Waals surface area contributed by atoms with Crippen LogP contribution in [0.25, 0.3) is 0 Å². The van der Waals surface area contributed by atoms with Crippen LogP contribution in [0.4, 0.5) is 5.13 Å². The summed E-state index contributed by atoms with van der Waals surface area (Å²) >= 11 is 3.00. The highest BCUT2D eigenvalue weighted by Gasteiger charge is 2.17. The van der Waals surface area contributed by atoms with E-state index in [2.05, 4.69) is 10.2 Å². The molecular formula is C10H17N3O3S2. The number of ether oxygens (including phenoxy) is 1. The third kappa shape index (κ3) is 4.79. The van der Waals surface area contributed by atoms with Gasteiger partial charge in [-0.15, -0.1) is 10.2 Å². The van der Waals surface area contributed by atoms with Gasteiger partial charge in [-0.2, -0.15) is 0 Å². The fraction of sp³-hybridized carbons (Fsp3) is 0.700. The summed E-state index contributed by atoms with van der Waals surface area (Å²) in [6, 6.07) is 0. The first-order valence-electron chi connectivity index (χ1n) is 5.52. The van der Waals surface area contributed by atoms with Crippen molar-refractivity contribution in [1.29, 1.82) is 0 Å². The Kier molecular flexibility index (Phi) is 6.37. The Bertz CT molecular complexity index is 384. The van der Waals surface area contributed by atoms with Crippen LogP contribution in [0.1, 0.15) is 13.3 Å². The zero-order valence-corrected chi connectivity index (χ0v) is 12.3. The fourth-order valence-corrected chi connectivity index (χ4v) is 2.99. The Morgan fingerprint density at radius 3 is 2.78 bits per heavy atom. The zero-order chi connectivity index (χ0) is 13.5. The molecule has 0 aromatic carbocycles. The van der Waals surface area contributed by atoms with Gasteiger partial charge in [-0.25, -0.2) is 4.79 Å². The number of rotatable bonds is 8. The molecule has 0 aliphatic heterocycles. The second-order valence-electron chi connectivity index (χ2n) is 3.66. The average Bonchev–Trinajstić information content (AvgIpc) is 2.76. The van der Waals surface area contributed by atoms with E-state index in [0.29, 0.717) is 18.8 Å². The number of thioether (sulfide) groups is 1. The van der Waals surface area contributed by atoms with Gasteiger partial charge in [-0.3, -0.25) is 0 Å². The molecule has 1 rings (SSSR count). The minimum Gasteiger partial charge on any atom is -0.479 e. The highest BCUT2D eigenvalue weighted by molar-refractivity contribution is 8.01. The second kappa shape index (κ2) is 7.55. The molecule has 0 bridgehead atoms. The summed E-state index contributed by atoms with van der Waals surface area (Å²) in [4.78, 5) is 12.7. The van der Waals surface area contributed by atoms with Crippen molar-refractivity contribution in [3.63, 3.8) is 0 Å². The van der Waals surface area contributed by atoms with Crippen LogP contribution >= 0.6 is 23.1 Å². The molecule has 0 aliphatic carbocycles. The summed E-state index contributed by atoms with van der Waals surface area (Å²) in [6.45, 7) is 2.20. The Labute approximate surface area is 114 Å². The Morgan fingerprint density at radius 1 is 1.56 bits per heavy atom. The van der Waals surface area contributed by atoms with Crippen LogP contribution in [0.2, 0.25) is 0 Å². The molecule has 18 heavy (non-hydrogen) atoms. The highest BCUT2D eigenvalue weighted by atomic mass is 32.2. The lowest BCUT2D eigenvalue weighted by Crippen LogP contribution is -2.24. The highest BCUT2D eigenvalue weighted by Crippen LogP contribution is 2.27. The first kappa shape index (κ1) is 15.2. The summed E-state index contributed by atoms with van der Waals surface area (Å²) < 4.78 is 5.98. The average molecular weight is 291 g/mol. The fourth-order valence-electron chi connectivity index (χ4n) is 1.17. The van der Waals surface area contributed by atoms with Gasteiger partial charge in [-0.1, -0.05) is 23.1 Å². The first-order valence-corrected chi connectivity index (χ1v) is 7.32. The molecule has 0 fully saturated rings. The minimum absolute atomic E-state index is 0.408. The number of hydrogen-bond acceptors (Lipinski definition) is 7. The molecular weight excluding hydrogens is 274 g/mol. The predicted octanol–water partition coefficient (Wildman–Crippen LogP) is 1.58. The van der Waals surface area contributed by atoms with Crippen molar-refractivity contribution in [2.45, 2.75) is 23.8 Å². The maximum absolute atomic E-state index is 10.9. The number of hydrogen-bond donors (Lipinski definition) is 1. The normalized spacial score (nSPS) is 12.4. The monoisotopic (exact) mass is 291 g/mol. The summed E-state index contributed by atoms with van der Waals surface area (Å²) in [7, 11) is 3.81. The molecule has 1 heterocycles. The lowest BCUT2D eigenvalue weighted by Gasteiger charge is -2.10. The SMILES string of the molecule is CCOC(CCSc1nnc(N(C)C)s1)C(=O)O. The van der Waals surface area contributed by atoms with Crippen LogP contribution in [0.5, 0.6) is 0 Å². The number of carboxylic acids is 1. The molecule has 6 nitrogen and oxygen atoms in total. The van der Waals surface area contributed by atoms with Gasteiger partial charge in [-0.05, 0) is 13.3 Å². The maximum Gasteiger partial charge on any atom is 0.332 e. The Morgan fingerprint density at radius 2 is 2.28 bits per heavy atom.